The third kappa shape index (κ3) is 6.15. The number of allylic oxidation sites excluding steroid dienone is 8. The Bertz CT molecular complexity index is 192. The topological polar surface area (TPSA) is 0 Å². The van der Waals surface area contributed by atoms with Crippen LogP contribution in [0.4, 0.5) is 0 Å². The Balaban J connectivity index is 2.38. The summed E-state index contributed by atoms with van der Waals surface area (Å²) in [5.41, 5.74) is 0. The van der Waals surface area contributed by atoms with Crippen LogP contribution in [0.5, 0.6) is 0 Å². The highest BCUT2D eigenvalue weighted by Gasteiger charge is 1.79. The van der Waals surface area contributed by atoms with Crippen molar-refractivity contribution in [3.63, 3.8) is 0 Å². The van der Waals surface area contributed by atoms with Crippen molar-refractivity contribution in [2.45, 2.75) is 32.1 Å². The number of hydrogen-bond donors (Lipinski definition) is 0. The van der Waals surface area contributed by atoms with E-state index in [0.717, 1.165) is 32.1 Å². The summed E-state index contributed by atoms with van der Waals surface area (Å²) < 4.78 is 0. The zero-order valence-corrected chi connectivity index (χ0v) is 8.08. The average Bonchev–Trinajstić information content (AvgIpc) is 2.18. The van der Waals surface area contributed by atoms with E-state index in [9.17, 15) is 0 Å². The third-order valence-electron chi connectivity index (χ3n) is 1.90. The molecular formula is C13H17. The molecule has 0 bridgehead atoms. The van der Waals surface area contributed by atoms with Crippen molar-refractivity contribution in [1.82, 2.24) is 0 Å². The minimum Gasteiger partial charge on any atom is -0.0879 e. The lowest BCUT2D eigenvalue weighted by Crippen LogP contribution is -1.65. The number of rotatable bonds is 0. The van der Waals surface area contributed by atoms with Crippen LogP contribution in [0.25, 0.3) is 0 Å². The molecule has 0 unspecified atom stereocenters. The summed E-state index contributed by atoms with van der Waals surface area (Å²) in [7, 11) is 0. The van der Waals surface area contributed by atoms with Crippen LogP contribution in [0.3, 0.4) is 0 Å². The van der Waals surface area contributed by atoms with Gasteiger partial charge in [0.05, 0.1) is 0 Å². The van der Waals surface area contributed by atoms with Gasteiger partial charge in [0.15, 0.2) is 0 Å². The maximum Gasteiger partial charge on any atom is -0.00978 e. The van der Waals surface area contributed by atoms with Gasteiger partial charge in [-0.2, -0.15) is 0 Å². The smallest absolute Gasteiger partial charge is 0.00978 e. The second-order valence-electron chi connectivity index (χ2n) is 3.08. The SMILES string of the molecule is [C]1=C/CC/C=C/C/C=C/C/C=C/C/1. The molecule has 0 fully saturated rings. The van der Waals surface area contributed by atoms with Crippen LogP contribution in [-0.4, -0.2) is 0 Å². The lowest BCUT2D eigenvalue weighted by Gasteiger charge is -1.85. The fourth-order valence-electron chi connectivity index (χ4n) is 1.18. The molecule has 0 spiro atoms. The van der Waals surface area contributed by atoms with Gasteiger partial charge in [-0.3, -0.25) is 0 Å². The molecule has 0 saturated carbocycles. The van der Waals surface area contributed by atoms with E-state index < -0.39 is 0 Å². The van der Waals surface area contributed by atoms with Crippen molar-refractivity contribution < 1.29 is 0 Å². The molecule has 0 aromatic heterocycles. The summed E-state index contributed by atoms with van der Waals surface area (Å²) >= 11 is 0. The summed E-state index contributed by atoms with van der Waals surface area (Å²) in [6, 6.07) is 0. The molecule has 0 aliphatic heterocycles. The van der Waals surface area contributed by atoms with Crippen molar-refractivity contribution >= 4 is 0 Å². The molecule has 1 rings (SSSR count). The van der Waals surface area contributed by atoms with Gasteiger partial charge < -0.3 is 0 Å². The highest BCUT2D eigenvalue weighted by Crippen LogP contribution is 1.99. The normalized spacial score (nSPS) is 28.9. The molecule has 69 valence electrons. The van der Waals surface area contributed by atoms with Crippen LogP contribution < -0.4 is 0 Å². The van der Waals surface area contributed by atoms with Crippen molar-refractivity contribution in [3.8, 4) is 0 Å². The Morgan fingerprint density at radius 1 is 0.692 bits per heavy atom. The van der Waals surface area contributed by atoms with Gasteiger partial charge in [0.2, 0.25) is 0 Å². The maximum absolute atomic E-state index is 3.25. The molecule has 1 aliphatic rings. The monoisotopic (exact) mass is 173 g/mol. The predicted octanol–water partition coefficient (Wildman–Crippen LogP) is 3.98. The van der Waals surface area contributed by atoms with Crippen LogP contribution in [0.2, 0.25) is 0 Å². The Labute approximate surface area is 81.4 Å². The Morgan fingerprint density at radius 2 is 1.38 bits per heavy atom. The summed E-state index contributed by atoms with van der Waals surface area (Å²) in [6.07, 6.45) is 24.0. The highest BCUT2D eigenvalue weighted by atomic mass is 13.9. The third-order valence-corrected chi connectivity index (χ3v) is 1.90. The summed E-state index contributed by atoms with van der Waals surface area (Å²) in [6.45, 7) is 0. The van der Waals surface area contributed by atoms with Crippen molar-refractivity contribution in [1.29, 1.82) is 0 Å². The zero-order chi connectivity index (χ0) is 9.19. The molecule has 0 saturated heterocycles. The Morgan fingerprint density at radius 3 is 2.23 bits per heavy atom. The molecule has 0 aromatic rings. The Hall–Kier alpha value is -1.04. The second-order valence-corrected chi connectivity index (χ2v) is 3.08. The van der Waals surface area contributed by atoms with E-state index >= 15 is 0 Å². The fraction of sp³-hybridized carbons (Fsp3) is 0.385. The summed E-state index contributed by atoms with van der Waals surface area (Å²) in [5.74, 6) is 0. The van der Waals surface area contributed by atoms with Gasteiger partial charge in [-0.25, -0.2) is 0 Å². The van der Waals surface area contributed by atoms with Gasteiger partial charge in [0.25, 0.3) is 0 Å². The quantitative estimate of drug-likeness (QED) is 0.486. The number of hydrogen-bond acceptors (Lipinski definition) is 0. The molecule has 0 nitrogen and oxygen atoms in total. The summed E-state index contributed by atoms with van der Waals surface area (Å²) in [5, 5.41) is 0. The van der Waals surface area contributed by atoms with Crippen LogP contribution in [0.1, 0.15) is 32.1 Å². The van der Waals surface area contributed by atoms with Gasteiger partial charge >= 0.3 is 0 Å². The molecular weight excluding hydrogens is 156 g/mol. The first-order valence-corrected chi connectivity index (χ1v) is 5.00. The zero-order valence-electron chi connectivity index (χ0n) is 8.08. The first-order chi connectivity index (χ1) is 6.50. The standard InChI is InChI=1S/C13H17/c1-2-4-6-8-10-12-13-11-9-7-5-3-1/h1-2,5-8,13H,3-4,9-11H2/b2-1+,7-5+,8-6+,13-12?. The molecule has 0 heteroatoms. The van der Waals surface area contributed by atoms with Gasteiger partial charge in [-0.05, 0) is 38.2 Å². The van der Waals surface area contributed by atoms with Gasteiger partial charge in [-0.1, -0.05) is 42.5 Å². The molecule has 1 aliphatic carbocycles. The van der Waals surface area contributed by atoms with Gasteiger partial charge in [-0.15, -0.1) is 0 Å². The fourth-order valence-corrected chi connectivity index (χ4v) is 1.18. The first-order valence-electron chi connectivity index (χ1n) is 5.00. The van der Waals surface area contributed by atoms with Crippen LogP contribution in [-0.2, 0) is 0 Å². The lowest BCUT2D eigenvalue weighted by molar-refractivity contribution is 1.03. The molecule has 0 aromatic carbocycles. The molecule has 0 N–H and O–H groups in total. The molecule has 1 radical (unpaired) electrons. The summed E-state index contributed by atoms with van der Waals surface area (Å²) in [4.78, 5) is 0. The van der Waals surface area contributed by atoms with E-state index in [1.54, 1.807) is 0 Å². The molecule has 0 atom stereocenters. The van der Waals surface area contributed by atoms with Crippen LogP contribution in [0, 0.1) is 6.08 Å². The van der Waals surface area contributed by atoms with Gasteiger partial charge in [0.1, 0.15) is 0 Å². The van der Waals surface area contributed by atoms with E-state index in [1.807, 2.05) is 0 Å². The van der Waals surface area contributed by atoms with E-state index in [1.165, 1.54) is 0 Å². The van der Waals surface area contributed by atoms with Crippen LogP contribution in [0.15, 0.2) is 42.5 Å². The molecule has 0 amide bonds. The second kappa shape index (κ2) is 7.60. The van der Waals surface area contributed by atoms with Crippen molar-refractivity contribution in [2.24, 2.45) is 0 Å². The van der Waals surface area contributed by atoms with Crippen molar-refractivity contribution in [3.05, 3.63) is 48.6 Å². The van der Waals surface area contributed by atoms with Crippen LogP contribution >= 0.6 is 0 Å². The minimum absolute atomic E-state index is 0.956. The minimum atomic E-state index is 0.956. The van der Waals surface area contributed by atoms with Gasteiger partial charge in [0, 0.05) is 0 Å². The van der Waals surface area contributed by atoms with E-state index in [4.69, 9.17) is 0 Å². The first kappa shape index (κ1) is 10.0. The maximum atomic E-state index is 3.25. The van der Waals surface area contributed by atoms with E-state index in [-0.39, 0.29) is 0 Å². The molecule has 0 heterocycles. The lowest BCUT2D eigenvalue weighted by atomic mass is 10.2. The Kier molecular flexibility index (Phi) is 5.87. The highest BCUT2D eigenvalue weighted by molar-refractivity contribution is 4.99. The molecule has 13 heavy (non-hydrogen) atoms. The van der Waals surface area contributed by atoms with E-state index in [2.05, 4.69) is 48.6 Å². The van der Waals surface area contributed by atoms with E-state index in [0.29, 0.717) is 0 Å². The average molecular weight is 173 g/mol. The van der Waals surface area contributed by atoms with Crippen molar-refractivity contribution in [2.75, 3.05) is 0 Å². The largest absolute Gasteiger partial charge is 0.0879 e. The predicted molar refractivity (Wildman–Crippen MR) is 58.3 cm³/mol.